The van der Waals surface area contributed by atoms with Crippen LogP contribution in [-0.2, 0) is 0 Å². The highest BCUT2D eigenvalue weighted by atomic mass is 127. The zero-order valence-electron chi connectivity index (χ0n) is 10.8. The largest absolute Gasteiger partial charge is 0.347 e. The smallest absolute Gasteiger partial charge is 0.280 e. The molecule has 1 N–H and O–H groups in total. The number of amides is 1. The van der Waals surface area contributed by atoms with E-state index in [1.54, 1.807) is 22.6 Å². The Morgan fingerprint density at radius 3 is 1.93 bits per heavy atom. The Balaban J connectivity index is 4.40. The first kappa shape index (κ1) is 15.2. The van der Waals surface area contributed by atoms with Gasteiger partial charge in [-0.3, -0.25) is 4.79 Å². The Kier molecular flexibility index (Phi) is 5.58. The van der Waals surface area contributed by atoms with Crippen LogP contribution >= 0.6 is 22.6 Å². The molecule has 0 saturated heterocycles. The van der Waals surface area contributed by atoms with Gasteiger partial charge in [0, 0.05) is 29.1 Å². The first-order valence-corrected chi connectivity index (χ1v) is 6.53. The van der Waals surface area contributed by atoms with Gasteiger partial charge in [0.1, 0.15) is 0 Å². The second-order valence-electron chi connectivity index (χ2n) is 6.48. The van der Waals surface area contributed by atoms with Crippen LogP contribution in [0, 0.1) is 16.7 Å². The maximum Gasteiger partial charge on any atom is 0.280 e. The Morgan fingerprint density at radius 1 is 1.20 bits per heavy atom. The standard InChI is InChI=1S/C12H24INO/c1-11(2,3)7-9(12(4,5)6)8-14-10(13)15/h9H,7-8H2,1-6H3,(H,14,15). The molecule has 0 heterocycles. The van der Waals surface area contributed by atoms with Crippen molar-refractivity contribution >= 4 is 26.5 Å². The maximum absolute atomic E-state index is 10.9. The second kappa shape index (κ2) is 5.51. The predicted molar refractivity (Wildman–Crippen MR) is 74.4 cm³/mol. The minimum absolute atomic E-state index is 0.0377. The minimum Gasteiger partial charge on any atom is -0.347 e. The monoisotopic (exact) mass is 325 g/mol. The SMILES string of the molecule is CC(C)(C)CC(CNC(=O)I)C(C)(C)C. The van der Waals surface area contributed by atoms with Crippen molar-refractivity contribution in [1.82, 2.24) is 5.32 Å². The Hall–Kier alpha value is 0.200. The van der Waals surface area contributed by atoms with Crippen LogP contribution in [-0.4, -0.2) is 10.5 Å². The summed E-state index contributed by atoms with van der Waals surface area (Å²) < 4.78 is 0.0377. The normalized spacial score (nSPS) is 14.9. The molecule has 0 aliphatic heterocycles. The van der Waals surface area contributed by atoms with E-state index in [4.69, 9.17) is 0 Å². The summed E-state index contributed by atoms with van der Waals surface area (Å²) in [5, 5.41) is 2.92. The Labute approximate surface area is 108 Å². The summed E-state index contributed by atoms with van der Waals surface area (Å²) in [6, 6.07) is 0. The lowest BCUT2D eigenvalue weighted by Gasteiger charge is -2.35. The quantitative estimate of drug-likeness (QED) is 0.470. The molecule has 0 spiro atoms. The fourth-order valence-corrected chi connectivity index (χ4v) is 1.85. The molecule has 0 aliphatic carbocycles. The Morgan fingerprint density at radius 2 is 1.67 bits per heavy atom. The average Bonchev–Trinajstić information content (AvgIpc) is 1.93. The van der Waals surface area contributed by atoms with Crippen molar-refractivity contribution in [3.05, 3.63) is 0 Å². The molecule has 0 fully saturated rings. The van der Waals surface area contributed by atoms with Crippen LogP contribution in [0.4, 0.5) is 4.79 Å². The molecule has 0 radical (unpaired) electrons. The van der Waals surface area contributed by atoms with E-state index in [0.717, 1.165) is 13.0 Å². The second-order valence-corrected chi connectivity index (χ2v) is 7.46. The van der Waals surface area contributed by atoms with Crippen LogP contribution in [0.15, 0.2) is 0 Å². The number of carbonyl (C=O) groups excluding carboxylic acids is 1. The molecule has 1 atom stereocenters. The van der Waals surface area contributed by atoms with Crippen molar-refractivity contribution in [3.8, 4) is 0 Å². The van der Waals surface area contributed by atoms with Gasteiger partial charge in [-0.25, -0.2) is 0 Å². The van der Waals surface area contributed by atoms with Gasteiger partial charge in [-0.2, -0.15) is 0 Å². The van der Waals surface area contributed by atoms with Gasteiger partial charge in [-0.1, -0.05) is 41.5 Å². The van der Waals surface area contributed by atoms with Crippen molar-refractivity contribution < 1.29 is 4.79 Å². The van der Waals surface area contributed by atoms with E-state index in [2.05, 4.69) is 46.9 Å². The molecule has 1 amide bonds. The fourth-order valence-electron chi connectivity index (χ4n) is 1.63. The van der Waals surface area contributed by atoms with E-state index >= 15 is 0 Å². The third kappa shape index (κ3) is 8.05. The van der Waals surface area contributed by atoms with Gasteiger partial charge in [0.15, 0.2) is 0 Å². The first-order valence-electron chi connectivity index (χ1n) is 5.46. The Bertz CT molecular complexity index is 213. The van der Waals surface area contributed by atoms with Crippen LogP contribution in [0.1, 0.15) is 48.0 Å². The minimum atomic E-state index is 0.0377. The zero-order chi connectivity index (χ0) is 12.3. The molecule has 0 aromatic carbocycles. The summed E-state index contributed by atoms with van der Waals surface area (Å²) in [5.74, 6) is 0.524. The molecule has 1 unspecified atom stereocenters. The molecule has 90 valence electrons. The molecule has 0 bridgehead atoms. The number of rotatable bonds is 3. The van der Waals surface area contributed by atoms with Crippen molar-refractivity contribution in [1.29, 1.82) is 0 Å². The molecule has 0 aromatic rings. The lowest BCUT2D eigenvalue weighted by Crippen LogP contribution is -2.35. The first-order chi connectivity index (χ1) is 6.52. The van der Waals surface area contributed by atoms with E-state index in [-0.39, 0.29) is 9.33 Å². The highest BCUT2D eigenvalue weighted by molar-refractivity contribution is 14.1. The van der Waals surface area contributed by atoms with Crippen molar-refractivity contribution in [2.24, 2.45) is 16.7 Å². The third-order valence-electron chi connectivity index (χ3n) is 2.57. The molecule has 0 rings (SSSR count). The lowest BCUT2D eigenvalue weighted by atomic mass is 9.72. The van der Waals surface area contributed by atoms with Crippen LogP contribution in [0.3, 0.4) is 0 Å². The van der Waals surface area contributed by atoms with E-state index in [9.17, 15) is 4.79 Å². The number of hydrogen-bond acceptors (Lipinski definition) is 1. The number of halogens is 1. The van der Waals surface area contributed by atoms with E-state index in [0.29, 0.717) is 11.3 Å². The van der Waals surface area contributed by atoms with Crippen molar-refractivity contribution in [3.63, 3.8) is 0 Å². The van der Waals surface area contributed by atoms with Gasteiger partial charge in [0.05, 0.1) is 0 Å². The molecule has 0 aliphatic rings. The highest BCUT2D eigenvalue weighted by Gasteiger charge is 2.28. The highest BCUT2D eigenvalue weighted by Crippen LogP contribution is 2.35. The van der Waals surface area contributed by atoms with E-state index in [1.807, 2.05) is 0 Å². The predicted octanol–water partition coefficient (Wildman–Crippen LogP) is 4.23. The van der Waals surface area contributed by atoms with Crippen molar-refractivity contribution in [2.45, 2.75) is 48.0 Å². The number of hydrogen-bond donors (Lipinski definition) is 1. The maximum atomic E-state index is 10.9. The summed E-state index contributed by atoms with van der Waals surface area (Å²) in [4.78, 5) is 10.9. The lowest BCUT2D eigenvalue weighted by molar-refractivity contribution is 0.164. The molecular weight excluding hydrogens is 301 g/mol. The van der Waals surface area contributed by atoms with E-state index < -0.39 is 0 Å². The topological polar surface area (TPSA) is 29.1 Å². The van der Waals surface area contributed by atoms with Gasteiger partial charge >= 0.3 is 0 Å². The van der Waals surface area contributed by atoms with Crippen LogP contribution in [0.2, 0.25) is 0 Å². The molecule has 15 heavy (non-hydrogen) atoms. The third-order valence-corrected chi connectivity index (χ3v) is 2.95. The average molecular weight is 325 g/mol. The molecule has 3 heteroatoms. The summed E-state index contributed by atoms with van der Waals surface area (Å²) in [6.45, 7) is 14.2. The summed E-state index contributed by atoms with van der Waals surface area (Å²) in [7, 11) is 0. The van der Waals surface area contributed by atoms with Gasteiger partial charge in [-0.05, 0) is 23.2 Å². The summed E-state index contributed by atoms with van der Waals surface area (Å²) in [6.07, 6.45) is 1.13. The van der Waals surface area contributed by atoms with Gasteiger partial charge < -0.3 is 5.32 Å². The van der Waals surface area contributed by atoms with E-state index in [1.165, 1.54) is 0 Å². The number of carbonyl (C=O) groups is 1. The molecule has 2 nitrogen and oxygen atoms in total. The van der Waals surface area contributed by atoms with Gasteiger partial charge in [-0.15, -0.1) is 0 Å². The summed E-state index contributed by atoms with van der Waals surface area (Å²) in [5.41, 5.74) is 0.556. The fraction of sp³-hybridized carbons (Fsp3) is 0.917. The van der Waals surface area contributed by atoms with Crippen LogP contribution < -0.4 is 5.32 Å². The summed E-state index contributed by atoms with van der Waals surface area (Å²) >= 11 is 1.79. The van der Waals surface area contributed by atoms with Crippen LogP contribution in [0.5, 0.6) is 0 Å². The number of nitrogens with one attached hydrogen (secondary N) is 1. The molecule has 0 aromatic heterocycles. The molecular formula is C12H24INO. The van der Waals surface area contributed by atoms with Crippen LogP contribution in [0.25, 0.3) is 0 Å². The molecule has 0 saturated carbocycles. The van der Waals surface area contributed by atoms with Crippen molar-refractivity contribution in [2.75, 3.05) is 6.54 Å². The zero-order valence-corrected chi connectivity index (χ0v) is 12.9. The van der Waals surface area contributed by atoms with Gasteiger partial charge in [0.2, 0.25) is 0 Å². The van der Waals surface area contributed by atoms with Gasteiger partial charge in [0.25, 0.3) is 3.91 Å².